The van der Waals surface area contributed by atoms with Crippen molar-refractivity contribution in [3.05, 3.63) is 35.8 Å². The normalized spacial score (nSPS) is 16.5. The van der Waals surface area contributed by atoms with Gasteiger partial charge in [0.2, 0.25) is 5.75 Å². The fourth-order valence-corrected chi connectivity index (χ4v) is 2.89. The monoisotopic (exact) mass is 345 g/mol. The molecule has 1 saturated heterocycles. The molecule has 2 heterocycles. The maximum Gasteiger partial charge on any atom is 0.203 e. The third-order valence-electron chi connectivity index (χ3n) is 4.23. The molecular weight excluding hydrogens is 322 g/mol. The Morgan fingerprint density at radius 2 is 1.84 bits per heavy atom. The van der Waals surface area contributed by atoms with Gasteiger partial charge in [-0.3, -0.25) is 0 Å². The van der Waals surface area contributed by atoms with Crippen LogP contribution in [0.5, 0.6) is 17.2 Å². The summed E-state index contributed by atoms with van der Waals surface area (Å²) in [5.74, 6) is 2.98. The fourth-order valence-electron chi connectivity index (χ4n) is 2.89. The van der Waals surface area contributed by atoms with Crippen LogP contribution < -0.4 is 19.5 Å². The Kier molecular flexibility index (Phi) is 5.55. The van der Waals surface area contributed by atoms with E-state index in [0.29, 0.717) is 29.7 Å². The summed E-state index contributed by atoms with van der Waals surface area (Å²) in [6.07, 6.45) is 2.59. The van der Waals surface area contributed by atoms with Crippen molar-refractivity contribution in [1.82, 2.24) is 9.97 Å². The van der Waals surface area contributed by atoms with Crippen LogP contribution in [0.1, 0.15) is 23.6 Å². The van der Waals surface area contributed by atoms with Crippen LogP contribution in [-0.2, 0) is 11.3 Å². The van der Waals surface area contributed by atoms with E-state index < -0.39 is 0 Å². The molecule has 1 N–H and O–H groups in total. The van der Waals surface area contributed by atoms with E-state index in [9.17, 15) is 0 Å². The van der Waals surface area contributed by atoms with Gasteiger partial charge in [0.1, 0.15) is 12.1 Å². The first-order valence-corrected chi connectivity index (χ1v) is 8.17. The number of hydrogen-bond donors (Lipinski definition) is 1. The molecule has 0 radical (unpaired) electrons. The van der Waals surface area contributed by atoms with Gasteiger partial charge in [-0.15, -0.1) is 0 Å². The second kappa shape index (κ2) is 8.02. The number of nitrogens with one attached hydrogen (secondary N) is 1. The highest BCUT2D eigenvalue weighted by atomic mass is 16.5. The molecule has 0 bridgehead atoms. The second-order valence-corrected chi connectivity index (χ2v) is 5.78. The van der Waals surface area contributed by atoms with Crippen LogP contribution in [0.3, 0.4) is 0 Å². The lowest BCUT2D eigenvalue weighted by atomic mass is 10.1. The quantitative estimate of drug-likeness (QED) is 0.827. The van der Waals surface area contributed by atoms with Gasteiger partial charge >= 0.3 is 0 Å². The summed E-state index contributed by atoms with van der Waals surface area (Å²) in [6, 6.07) is 5.82. The van der Waals surface area contributed by atoms with Gasteiger partial charge in [0.05, 0.1) is 33.6 Å². The van der Waals surface area contributed by atoms with E-state index in [1.807, 2.05) is 18.2 Å². The average Bonchev–Trinajstić information content (AvgIpc) is 3.20. The molecule has 2 aromatic rings. The van der Waals surface area contributed by atoms with Gasteiger partial charge in [-0.05, 0) is 24.1 Å². The maximum absolute atomic E-state index is 5.43. The van der Waals surface area contributed by atoms with Crippen LogP contribution in [0.25, 0.3) is 0 Å². The Bertz CT molecular complexity index is 692. The molecule has 7 nitrogen and oxygen atoms in total. The number of hydrogen-bond acceptors (Lipinski definition) is 7. The van der Waals surface area contributed by atoms with Crippen molar-refractivity contribution in [2.45, 2.75) is 18.9 Å². The van der Waals surface area contributed by atoms with Gasteiger partial charge < -0.3 is 24.3 Å². The third-order valence-corrected chi connectivity index (χ3v) is 4.23. The highest BCUT2D eigenvalue weighted by molar-refractivity contribution is 5.54. The summed E-state index contributed by atoms with van der Waals surface area (Å²) in [4.78, 5) is 8.66. The molecule has 0 saturated carbocycles. The van der Waals surface area contributed by atoms with Crippen LogP contribution in [-0.4, -0.2) is 44.5 Å². The predicted octanol–water partition coefficient (Wildman–Crippen LogP) is 2.62. The van der Waals surface area contributed by atoms with Crippen LogP contribution in [0.4, 0.5) is 5.82 Å². The van der Waals surface area contributed by atoms with E-state index in [4.69, 9.17) is 18.9 Å². The van der Waals surface area contributed by atoms with E-state index in [1.165, 1.54) is 0 Å². The molecule has 0 amide bonds. The lowest BCUT2D eigenvalue weighted by Gasteiger charge is -2.15. The molecule has 0 spiro atoms. The SMILES string of the molecule is COc1cc(CNc2cc([C@@H]3CCOC3)ncn2)cc(OC)c1OC. The molecule has 1 atom stereocenters. The Morgan fingerprint density at radius 3 is 2.44 bits per heavy atom. The molecule has 7 heteroatoms. The third kappa shape index (κ3) is 3.93. The van der Waals surface area contributed by atoms with E-state index in [-0.39, 0.29) is 0 Å². The number of methoxy groups -OCH3 is 3. The summed E-state index contributed by atoms with van der Waals surface area (Å²) >= 11 is 0. The van der Waals surface area contributed by atoms with Gasteiger partial charge in [0.15, 0.2) is 11.5 Å². The van der Waals surface area contributed by atoms with Crippen molar-refractivity contribution in [2.24, 2.45) is 0 Å². The number of benzene rings is 1. The highest BCUT2D eigenvalue weighted by Crippen LogP contribution is 2.38. The Balaban J connectivity index is 1.74. The van der Waals surface area contributed by atoms with E-state index in [0.717, 1.165) is 36.7 Å². The van der Waals surface area contributed by atoms with E-state index >= 15 is 0 Å². The van der Waals surface area contributed by atoms with Crippen LogP contribution in [0.2, 0.25) is 0 Å². The largest absolute Gasteiger partial charge is 0.493 e. The Labute approximate surface area is 147 Å². The molecule has 0 aliphatic carbocycles. The van der Waals surface area contributed by atoms with Crippen LogP contribution >= 0.6 is 0 Å². The highest BCUT2D eigenvalue weighted by Gasteiger charge is 2.19. The molecule has 1 fully saturated rings. The van der Waals surface area contributed by atoms with Gasteiger partial charge in [-0.2, -0.15) is 0 Å². The minimum atomic E-state index is 0.352. The minimum Gasteiger partial charge on any atom is -0.493 e. The molecule has 25 heavy (non-hydrogen) atoms. The smallest absolute Gasteiger partial charge is 0.203 e. The average molecular weight is 345 g/mol. The summed E-state index contributed by atoms with van der Waals surface area (Å²) in [5, 5.41) is 3.32. The lowest BCUT2D eigenvalue weighted by Crippen LogP contribution is -2.06. The standard InChI is InChI=1S/C18H23N3O4/c1-22-15-6-12(7-16(23-2)18(15)24-3)9-19-17-8-14(20-11-21-17)13-4-5-25-10-13/h6-8,11,13H,4-5,9-10H2,1-3H3,(H,19,20,21)/t13-/m1/s1. The van der Waals surface area contributed by atoms with Crippen molar-refractivity contribution in [2.75, 3.05) is 39.9 Å². The van der Waals surface area contributed by atoms with Crippen molar-refractivity contribution in [3.63, 3.8) is 0 Å². The van der Waals surface area contributed by atoms with Crippen LogP contribution in [0, 0.1) is 0 Å². The molecule has 1 aliphatic rings. The molecular formula is C18H23N3O4. The van der Waals surface area contributed by atoms with Crippen molar-refractivity contribution >= 4 is 5.82 Å². The zero-order valence-corrected chi connectivity index (χ0v) is 14.7. The number of ether oxygens (including phenoxy) is 4. The van der Waals surface area contributed by atoms with Gasteiger partial charge in [-0.1, -0.05) is 0 Å². The van der Waals surface area contributed by atoms with Gasteiger partial charge in [0, 0.05) is 25.1 Å². The second-order valence-electron chi connectivity index (χ2n) is 5.78. The summed E-state index contributed by atoms with van der Waals surface area (Å²) in [6.45, 7) is 2.10. The topological polar surface area (TPSA) is 74.7 Å². The van der Waals surface area contributed by atoms with Crippen molar-refractivity contribution < 1.29 is 18.9 Å². The number of nitrogens with zero attached hydrogens (tertiary/aromatic N) is 2. The molecule has 1 aromatic carbocycles. The summed E-state index contributed by atoms with van der Waals surface area (Å²) in [7, 11) is 4.80. The van der Waals surface area contributed by atoms with Gasteiger partial charge in [0.25, 0.3) is 0 Å². The zero-order valence-electron chi connectivity index (χ0n) is 14.7. The van der Waals surface area contributed by atoms with Gasteiger partial charge in [-0.25, -0.2) is 9.97 Å². The first-order chi connectivity index (χ1) is 12.2. The number of rotatable bonds is 7. The minimum absolute atomic E-state index is 0.352. The molecule has 0 unspecified atom stereocenters. The molecule has 134 valence electrons. The molecule has 3 rings (SSSR count). The number of aromatic nitrogens is 2. The number of anilines is 1. The first kappa shape index (κ1) is 17.3. The summed E-state index contributed by atoms with van der Waals surface area (Å²) in [5.41, 5.74) is 2.01. The maximum atomic E-state index is 5.43. The Hall–Kier alpha value is -2.54. The van der Waals surface area contributed by atoms with E-state index in [2.05, 4.69) is 15.3 Å². The van der Waals surface area contributed by atoms with E-state index in [1.54, 1.807) is 27.7 Å². The van der Waals surface area contributed by atoms with Crippen molar-refractivity contribution in [3.8, 4) is 17.2 Å². The first-order valence-electron chi connectivity index (χ1n) is 8.17. The van der Waals surface area contributed by atoms with Crippen molar-refractivity contribution in [1.29, 1.82) is 0 Å². The zero-order chi connectivity index (χ0) is 17.6. The molecule has 1 aromatic heterocycles. The Morgan fingerprint density at radius 1 is 1.08 bits per heavy atom. The van der Waals surface area contributed by atoms with Crippen LogP contribution in [0.15, 0.2) is 24.5 Å². The summed E-state index contributed by atoms with van der Waals surface area (Å²) < 4.78 is 21.6. The lowest BCUT2D eigenvalue weighted by molar-refractivity contribution is 0.193. The predicted molar refractivity (Wildman–Crippen MR) is 93.6 cm³/mol. The molecule has 1 aliphatic heterocycles. The fraction of sp³-hybridized carbons (Fsp3) is 0.444.